The van der Waals surface area contributed by atoms with Crippen molar-refractivity contribution in [3.05, 3.63) is 0 Å². The van der Waals surface area contributed by atoms with E-state index < -0.39 is 23.5 Å². The molecule has 35 heavy (non-hydrogen) atoms. The molecular weight excluding hydrogens is 790 g/mol. The zero-order chi connectivity index (χ0) is 26.2. The van der Waals surface area contributed by atoms with Gasteiger partial charge in [0.1, 0.15) is 0 Å². The summed E-state index contributed by atoms with van der Waals surface area (Å²) >= 11 is 0. The fraction of sp³-hybridized carbons (Fsp3) is 1.00. The Morgan fingerprint density at radius 2 is 0.629 bits per heavy atom. The van der Waals surface area contributed by atoms with Crippen molar-refractivity contribution in [2.75, 3.05) is 19.8 Å². The molecule has 0 unspecified atom stereocenters. The summed E-state index contributed by atoms with van der Waals surface area (Å²) in [6.07, 6.45) is 11.0. The van der Waals surface area contributed by atoms with E-state index in [1.54, 1.807) is 0 Å². The third-order valence-electron chi connectivity index (χ3n) is 3.74. The van der Waals surface area contributed by atoms with Crippen molar-refractivity contribution < 1.29 is 138 Å². The van der Waals surface area contributed by atoms with Crippen LogP contribution in [-0.2, 0) is 27.3 Å². The molecule has 0 heterocycles. The Balaban J connectivity index is -0.000000125. The van der Waals surface area contributed by atoms with E-state index in [0.29, 0.717) is 19.3 Å². The molecule has 0 spiro atoms. The van der Waals surface area contributed by atoms with Crippen LogP contribution in [-0.4, -0.2) is 19.8 Å². The first kappa shape index (κ1) is 47.8. The molecule has 206 valence electrons. The Hall–Kier alpha value is 3.03. The van der Waals surface area contributed by atoms with Crippen LogP contribution in [0.25, 0.3) is 0 Å². The summed E-state index contributed by atoms with van der Waals surface area (Å²) < 4.78 is 41.8. The van der Waals surface area contributed by atoms with Crippen molar-refractivity contribution in [2.24, 2.45) is 0 Å². The van der Waals surface area contributed by atoms with E-state index in [0.717, 1.165) is 57.8 Å². The number of phosphoric ester groups is 3. The third kappa shape index (κ3) is 62.2. The zero-order valence-electron chi connectivity index (χ0n) is 20.8. The summed E-state index contributed by atoms with van der Waals surface area (Å²) in [5.74, 6) is 0. The largest absolute Gasteiger partial charge is 3.00 e. The molecule has 0 bridgehead atoms. The van der Waals surface area contributed by atoms with Crippen LogP contribution in [0.4, 0.5) is 0 Å². The van der Waals surface area contributed by atoms with Crippen molar-refractivity contribution in [3.8, 4) is 0 Å². The van der Waals surface area contributed by atoms with Gasteiger partial charge in [-0.15, -0.1) is 0 Å². The van der Waals surface area contributed by atoms with Crippen LogP contribution >= 0.6 is 23.5 Å². The first-order valence-electron chi connectivity index (χ1n) is 11.2. The molecule has 0 aliphatic heterocycles. The molecular formula is C18H39Nd2O12P3. The molecule has 0 saturated carbocycles. The van der Waals surface area contributed by atoms with Gasteiger partial charge in [-0.1, -0.05) is 78.6 Å². The van der Waals surface area contributed by atoms with Crippen LogP contribution in [0.3, 0.4) is 0 Å². The molecule has 0 amide bonds. The molecule has 12 nitrogen and oxygen atoms in total. The van der Waals surface area contributed by atoms with Crippen LogP contribution in [0.15, 0.2) is 0 Å². The molecule has 2 radical (unpaired) electrons. The molecule has 0 aromatic heterocycles. The van der Waals surface area contributed by atoms with Crippen molar-refractivity contribution in [3.63, 3.8) is 0 Å². The number of hydrogen-bond donors (Lipinski definition) is 0. The van der Waals surface area contributed by atoms with Gasteiger partial charge in [0.05, 0.1) is 43.3 Å². The monoisotopic (exact) mass is 824 g/mol. The minimum absolute atomic E-state index is 0. The van der Waals surface area contributed by atoms with Gasteiger partial charge in [0, 0.05) is 0 Å². The van der Waals surface area contributed by atoms with E-state index in [2.05, 4.69) is 13.6 Å². The van der Waals surface area contributed by atoms with E-state index in [-0.39, 0.29) is 101 Å². The quantitative estimate of drug-likeness (QED) is 0.141. The number of hydrogen-bond acceptors (Lipinski definition) is 12. The summed E-state index contributed by atoms with van der Waals surface area (Å²) in [7, 11) is -14.1. The first-order valence-corrected chi connectivity index (χ1v) is 15.6. The SMILES string of the molecule is CCCCCCOP(=O)([O-])[O-].CCCCCCOP(=O)([O-])[O-].CCCCCCOP(=O)([O-])[O-].[Nd+3].[Nd+3]. The molecule has 0 aromatic rings. The van der Waals surface area contributed by atoms with Gasteiger partial charge in [-0.2, -0.15) is 0 Å². The Morgan fingerprint density at radius 1 is 0.429 bits per heavy atom. The molecule has 0 aromatic carbocycles. The maximum Gasteiger partial charge on any atom is 3.00 e. The normalized spacial score (nSPS) is 11.2. The van der Waals surface area contributed by atoms with Crippen molar-refractivity contribution in [1.29, 1.82) is 0 Å². The molecule has 0 N–H and O–H groups in total. The van der Waals surface area contributed by atoms with Crippen LogP contribution < -0.4 is 29.4 Å². The first-order chi connectivity index (χ1) is 15.2. The second-order valence-electron chi connectivity index (χ2n) is 7.02. The summed E-state index contributed by atoms with van der Waals surface area (Å²) in [6.45, 7) is 6.24. The second kappa shape index (κ2) is 31.6. The van der Waals surface area contributed by atoms with Crippen LogP contribution in [0, 0.1) is 81.7 Å². The van der Waals surface area contributed by atoms with Gasteiger partial charge in [0.15, 0.2) is 0 Å². The maximum absolute atomic E-state index is 9.91. The molecule has 0 rings (SSSR count). The summed E-state index contributed by atoms with van der Waals surface area (Å²) in [6, 6.07) is 0. The van der Waals surface area contributed by atoms with Crippen LogP contribution in [0.1, 0.15) is 97.8 Å². The molecule has 17 heteroatoms. The van der Waals surface area contributed by atoms with E-state index in [4.69, 9.17) is 0 Å². The predicted molar refractivity (Wildman–Crippen MR) is 113 cm³/mol. The predicted octanol–water partition coefficient (Wildman–Crippen LogP) is 1.24. The minimum atomic E-state index is -4.71. The van der Waals surface area contributed by atoms with Gasteiger partial charge in [0.25, 0.3) is 0 Å². The maximum atomic E-state index is 9.91. The van der Waals surface area contributed by atoms with Crippen molar-refractivity contribution in [2.45, 2.75) is 97.8 Å². The molecule has 0 aliphatic rings. The number of unbranched alkanes of at least 4 members (excludes halogenated alkanes) is 9. The fourth-order valence-electron chi connectivity index (χ4n) is 2.12. The van der Waals surface area contributed by atoms with E-state index in [1.807, 2.05) is 20.8 Å². The van der Waals surface area contributed by atoms with Gasteiger partial charge >= 0.3 is 81.7 Å². The average molecular weight is 829 g/mol. The summed E-state index contributed by atoms with van der Waals surface area (Å²) in [4.78, 5) is 59.5. The molecule has 0 atom stereocenters. The van der Waals surface area contributed by atoms with Crippen LogP contribution in [0.5, 0.6) is 0 Å². The fourth-order valence-corrected chi connectivity index (χ4v) is 3.17. The summed E-state index contributed by atoms with van der Waals surface area (Å²) in [5.41, 5.74) is 0. The Kier molecular flexibility index (Phi) is 43.1. The zero-order valence-corrected chi connectivity index (χ0v) is 29.9. The topological polar surface area (TPSA) is 217 Å². The van der Waals surface area contributed by atoms with Gasteiger partial charge in [-0.05, 0) is 19.3 Å². The molecule has 0 fully saturated rings. The average Bonchev–Trinajstić information content (AvgIpc) is 2.66. The molecule has 0 aliphatic carbocycles. The van der Waals surface area contributed by atoms with Gasteiger partial charge in [-0.25, -0.2) is 0 Å². The smallest absolute Gasteiger partial charge is 0.790 e. The van der Waals surface area contributed by atoms with E-state index in [1.165, 1.54) is 0 Å². The van der Waals surface area contributed by atoms with Gasteiger partial charge in [0.2, 0.25) is 0 Å². The Morgan fingerprint density at radius 3 is 0.771 bits per heavy atom. The van der Waals surface area contributed by atoms with E-state index >= 15 is 0 Å². The van der Waals surface area contributed by atoms with Crippen molar-refractivity contribution in [1.82, 2.24) is 0 Å². The Labute approximate surface area is 276 Å². The van der Waals surface area contributed by atoms with E-state index in [9.17, 15) is 43.1 Å². The van der Waals surface area contributed by atoms with Crippen molar-refractivity contribution >= 4 is 23.5 Å². The second-order valence-corrected chi connectivity index (χ2v) is 10.5. The number of phosphoric acid groups is 3. The summed E-state index contributed by atoms with van der Waals surface area (Å²) in [5, 5.41) is 0. The van der Waals surface area contributed by atoms with Crippen LogP contribution in [0.2, 0.25) is 0 Å². The van der Waals surface area contributed by atoms with Gasteiger partial charge in [-0.3, -0.25) is 0 Å². The standard InChI is InChI=1S/3C6H15O4P.2Nd/c3*1-2-3-4-5-6-10-11(7,8)9;;/h3*2-6H2,1H3,(H2,7,8,9);;/q;;;2*+3/p-6. The third-order valence-corrected chi connectivity index (χ3v) is 5.24. The Bertz CT molecular complexity index is 479. The van der Waals surface area contributed by atoms with Gasteiger partial charge < -0.3 is 56.6 Å². The minimum Gasteiger partial charge on any atom is -0.790 e. The molecule has 0 saturated heterocycles. The number of rotatable bonds is 18.